The van der Waals surface area contributed by atoms with Crippen LogP contribution in [-0.2, 0) is 47.7 Å². The van der Waals surface area contributed by atoms with Crippen LogP contribution in [0.3, 0.4) is 0 Å². The number of carbonyl (C=O) groups excluding carboxylic acids is 5. The Kier molecular flexibility index (Phi) is 10.3. The second-order valence-electron chi connectivity index (χ2n) is 11.0. The third kappa shape index (κ3) is 6.00. The van der Waals surface area contributed by atoms with E-state index in [1.54, 1.807) is 67.6 Å². The minimum Gasteiger partial charge on any atom is -0.497 e. The average molecular weight is 637 g/mol. The van der Waals surface area contributed by atoms with Crippen molar-refractivity contribution in [3.63, 3.8) is 0 Å². The van der Waals surface area contributed by atoms with E-state index in [1.165, 1.54) is 7.11 Å². The van der Waals surface area contributed by atoms with E-state index in [1.807, 2.05) is 0 Å². The van der Waals surface area contributed by atoms with Crippen molar-refractivity contribution in [1.29, 1.82) is 0 Å². The molecular formula is C34H36O12. The van der Waals surface area contributed by atoms with Crippen molar-refractivity contribution < 1.29 is 57.5 Å². The van der Waals surface area contributed by atoms with E-state index >= 15 is 0 Å². The lowest BCUT2D eigenvalue weighted by Crippen LogP contribution is -2.68. The molecule has 1 N–H and O–H groups in total. The monoisotopic (exact) mass is 636 g/mol. The fraction of sp³-hybridized carbons (Fsp3) is 0.382. The number of rotatable bonds is 9. The molecule has 12 heteroatoms. The van der Waals surface area contributed by atoms with Crippen LogP contribution in [0.2, 0.25) is 0 Å². The zero-order chi connectivity index (χ0) is 33.8. The minimum atomic E-state index is -2.60. The van der Waals surface area contributed by atoms with E-state index in [0.717, 1.165) is 28.4 Å². The van der Waals surface area contributed by atoms with Crippen LogP contribution < -0.4 is 4.74 Å². The predicted octanol–water partition coefficient (Wildman–Crippen LogP) is 2.97. The smallest absolute Gasteiger partial charge is 0.343 e. The number of ether oxygens (including phenoxy) is 6. The lowest BCUT2D eigenvalue weighted by atomic mass is 9.50. The largest absolute Gasteiger partial charge is 0.497 e. The number of hydrogen-bond donors (Lipinski definition) is 1. The second-order valence-corrected chi connectivity index (χ2v) is 11.0. The van der Waals surface area contributed by atoms with Gasteiger partial charge in [-0.25, -0.2) is 9.59 Å². The van der Waals surface area contributed by atoms with Crippen LogP contribution in [0.5, 0.6) is 5.75 Å². The first-order chi connectivity index (χ1) is 22.0. The van der Waals surface area contributed by atoms with E-state index in [9.17, 15) is 29.1 Å². The SMILES string of the molecule is COC(=O)C1=C(OC(=O)C(=Cc2ccccc2)c2ccc(OC)cc2)C(C(=O)OC)C2(O)C(C(=O)OC)C(C)CC1C2C(=O)OC. The summed E-state index contributed by atoms with van der Waals surface area (Å²) < 4.78 is 31.3. The normalized spacial score (nSPS) is 25.5. The van der Waals surface area contributed by atoms with Gasteiger partial charge < -0.3 is 33.5 Å². The van der Waals surface area contributed by atoms with Gasteiger partial charge in [-0.2, -0.15) is 0 Å². The molecule has 46 heavy (non-hydrogen) atoms. The third-order valence-electron chi connectivity index (χ3n) is 8.64. The molecule has 0 spiro atoms. The summed E-state index contributed by atoms with van der Waals surface area (Å²) in [6.45, 7) is 1.61. The van der Waals surface area contributed by atoms with Crippen LogP contribution in [0, 0.1) is 29.6 Å². The summed E-state index contributed by atoms with van der Waals surface area (Å²) in [5.74, 6) is -12.3. The summed E-state index contributed by atoms with van der Waals surface area (Å²) in [4.78, 5) is 67.9. The van der Waals surface area contributed by atoms with E-state index in [-0.39, 0.29) is 17.6 Å². The quantitative estimate of drug-likeness (QED) is 0.186. The lowest BCUT2D eigenvalue weighted by molar-refractivity contribution is -0.212. The zero-order valence-corrected chi connectivity index (χ0v) is 26.3. The molecule has 1 fully saturated rings. The van der Waals surface area contributed by atoms with Crippen LogP contribution in [-0.4, -0.2) is 76.1 Å². The summed E-state index contributed by atoms with van der Waals surface area (Å²) in [6.07, 6.45) is 1.51. The average Bonchev–Trinajstić information content (AvgIpc) is 3.06. The molecule has 6 atom stereocenters. The molecule has 0 heterocycles. The van der Waals surface area contributed by atoms with Crippen LogP contribution >= 0.6 is 0 Å². The van der Waals surface area contributed by atoms with Crippen molar-refractivity contribution in [2.24, 2.45) is 29.6 Å². The Morgan fingerprint density at radius 2 is 1.37 bits per heavy atom. The van der Waals surface area contributed by atoms with Crippen molar-refractivity contribution in [1.82, 2.24) is 0 Å². The summed E-state index contributed by atoms with van der Waals surface area (Å²) >= 11 is 0. The van der Waals surface area contributed by atoms with Gasteiger partial charge in [0.1, 0.15) is 23.0 Å². The number of benzene rings is 2. The second kappa shape index (κ2) is 14.0. The highest BCUT2D eigenvalue weighted by molar-refractivity contribution is 6.22. The van der Waals surface area contributed by atoms with Gasteiger partial charge in [-0.05, 0) is 41.7 Å². The Morgan fingerprint density at radius 3 is 1.91 bits per heavy atom. The third-order valence-corrected chi connectivity index (χ3v) is 8.64. The molecule has 0 amide bonds. The highest BCUT2D eigenvalue weighted by Gasteiger charge is 2.71. The van der Waals surface area contributed by atoms with Gasteiger partial charge in [-0.1, -0.05) is 49.4 Å². The summed E-state index contributed by atoms with van der Waals surface area (Å²) in [5.41, 5.74) is -1.91. The Bertz CT molecular complexity index is 1560. The van der Waals surface area contributed by atoms with E-state index in [4.69, 9.17) is 28.4 Å². The molecule has 4 rings (SSSR count). The number of hydrogen-bond acceptors (Lipinski definition) is 12. The molecule has 0 aromatic heterocycles. The van der Waals surface area contributed by atoms with Gasteiger partial charge in [0.15, 0.2) is 0 Å². The Balaban J connectivity index is 2.00. The highest BCUT2D eigenvalue weighted by atomic mass is 16.6. The van der Waals surface area contributed by atoms with Gasteiger partial charge in [0.25, 0.3) is 0 Å². The van der Waals surface area contributed by atoms with Gasteiger partial charge in [0, 0.05) is 5.92 Å². The van der Waals surface area contributed by atoms with E-state index in [0.29, 0.717) is 16.9 Å². The molecule has 2 aromatic rings. The lowest BCUT2D eigenvalue weighted by Gasteiger charge is -2.55. The number of aliphatic hydroxyl groups is 1. The Labute approximate surface area is 265 Å². The molecule has 2 aromatic carbocycles. The number of carbonyl (C=O) groups is 5. The summed E-state index contributed by atoms with van der Waals surface area (Å²) in [7, 11) is 5.75. The van der Waals surface area contributed by atoms with Crippen molar-refractivity contribution in [2.75, 3.05) is 35.5 Å². The molecule has 1 saturated carbocycles. The molecule has 0 saturated heterocycles. The van der Waals surface area contributed by atoms with Crippen molar-refractivity contribution in [3.05, 3.63) is 77.1 Å². The maximum absolute atomic E-state index is 14.2. The minimum absolute atomic E-state index is 0.0133. The molecule has 6 unspecified atom stereocenters. The fourth-order valence-electron chi connectivity index (χ4n) is 6.66. The van der Waals surface area contributed by atoms with Gasteiger partial charge in [-0.15, -0.1) is 0 Å². The first kappa shape index (κ1) is 33.9. The van der Waals surface area contributed by atoms with Gasteiger partial charge in [-0.3, -0.25) is 14.4 Å². The van der Waals surface area contributed by atoms with Crippen LogP contribution in [0.1, 0.15) is 24.5 Å². The van der Waals surface area contributed by atoms with Crippen LogP contribution in [0.4, 0.5) is 0 Å². The molecule has 12 nitrogen and oxygen atoms in total. The molecule has 2 bridgehead atoms. The van der Waals surface area contributed by atoms with Gasteiger partial charge >= 0.3 is 29.8 Å². The highest BCUT2D eigenvalue weighted by Crippen LogP contribution is 2.58. The van der Waals surface area contributed by atoms with Crippen molar-refractivity contribution >= 4 is 41.5 Å². The number of methoxy groups -OCH3 is 5. The standard InChI is InChI=1S/C34H36O12/c1-18-16-23-24(30(36)42-3)28(27(33(39)45-6)34(40,25(18)31(37)43-4)26(23)32(38)44-5)46-29(35)22(17-19-10-8-7-9-11-19)20-12-14-21(41-2)15-13-20/h7-15,17-18,23,25-27,40H,16H2,1-6H3. The molecule has 2 aliphatic carbocycles. The van der Waals surface area contributed by atoms with Crippen LogP contribution in [0.25, 0.3) is 11.6 Å². The van der Waals surface area contributed by atoms with Gasteiger partial charge in [0.2, 0.25) is 0 Å². The Morgan fingerprint density at radius 1 is 0.783 bits per heavy atom. The molecule has 0 aliphatic heterocycles. The fourth-order valence-corrected chi connectivity index (χ4v) is 6.66. The molecule has 2 aliphatic rings. The number of esters is 5. The predicted molar refractivity (Wildman–Crippen MR) is 161 cm³/mol. The summed E-state index contributed by atoms with van der Waals surface area (Å²) in [5, 5.41) is 12.6. The molecule has 244 valence electrons. The molecular weight excluding hydrogens is 600 g/mol. The molecule has 0 radical (unpaired) electrons. The first-order valence-corrected chi connectivity index (χ1v) is 14.4. The van der Waals surface area contributed by atoms with Crippen molar-refractivity contribution in [2.45, 2.75) is 18.9 Å². The maximum atomic E-state index is 14.2. The van der Waals surface area contributed by atoms with E-state index in [2.05, 4.69) is 0 Å². The van der Waals surface area contributed by atoms with Crippen molar-refractivity contribution in [3.8, 4) is 5.75 Å². The van der Waals surface area contributed by atoms with E-state index < -0.39 is 70.8 Å². The Hall–Kier alpha value is -4.97. The first-order valence-electron chi connectivity index (χ1n) is 14.4. The zero-order valence-electron chi connectivity index (χ0n) is 26.3. The van der Waals surface area contributed by atoms with Crippen LogP contribution in [0.15, 0.2) is 65.9 Å². The summed E-state index contributed by atoms with van der Waals surface area (Å²) in [6, 6.07) is 15.4. The topological polar surface area (TPSA) is 161 Å². The maximum Gasteiger partial charge on any atom is 0.343 e. The van der Waals surface area contributed by atoms with Gasteiger partial charge in [0.05, 0.1) is 58.5 Å². The number of fused-ring (bicyclic) bond motifs is 2.